The van der Waals surface area contributed by atoms with E-state index in [1.54, 1.807) is 7.11 Å². The Morgan fingerprint density at radius 3 is 2.19 bits per heavy atom. The minimum absolute atomic E-state index is 0.148. The van der Waals surface area contributed by atoms with Crippen LogP contribution in [0.1, 0.15) is 87.3 Å². The van der Waals surface area contributed by atoms with E-state index in [0.29, 0.717) is 0 Å². The van der Waals surface area contributed by atoms with Crippen LogP contribution in [0.25, 0.3) is 0 Å². The van der Waals surface area contributed by atoms with Crippen LogP contribution in [-0.2, 0) is 17.8 Å². The summed E-state index contributed by atoms with van der Waals surface area (Å²) in [6.45, 7) is 3.36. The van der Waals surface area contributed by atoms with Gasteiger partial charge in [0, 0.05) is 13.7 Å². The fourth-order valence-corrected chi connectivity index (χ4v) is 5.37. The van der Waals surface area contributed by atoms with Gasteiger partial charge in [-0.1, -0.05) is 38.0 Å². The summed E-state index contributed by atoms with van der Waals surface area (Å²) in [5, 5.41) is 9.64. The topological polar surface area (TPSA) is 29.5 Å². The van der Waals surface area contributed by atoms with Crippen LogP contribution in [0.3, 0.4) is 0 Å². The van der Waals surface area contributed by atoms with Crippen molar-refractivity contribution >= 4 is 0 Å². The molecular formula is C24H38O2. The SMILES string of the molecule is COCCCc1cc(C2CCC(C3CCC(C)CC3)CC2)ccc1CO. The van der Waals surface area contributed by atoms with Crippen LogP contribution >= 0.6 is 0 Å². The summed E-state index contributed by atoms with van der Waals surface area (Å²) in [7, 11) is 1.76. The Labute approximate surface area is 160 Å². The maximum absolute atomic E-state index is 9.64. The number of aliphatic hydroxyl groups excluding tert-OH is 1. The van der Waals surface area contributed by atoms with Crippen molar-refractivity contribution in [1.29, 1.82) is 0 Å². The van der Waals surface area contributed by atoms with Crippen molar-refractivity contribution < 1.29 is 9.84 Å². The van der Waals surface area contributed by atoms with E-state index in [2.05, 4.69) is 25.1 Å². The average Bonchev–Trinajstić information content (AvgIpc) is 2.69. The lowest BCUT2D eigenvalue weighted by Crippen LogP contribution is -2.24. The van der Waals surface area contributed by atoms with Crippen LogP contribution in [0.5, 0.6) is 0 Å². The Morgan fingerprint density at radius 2 is 1.58 bits per heavy atom. The summed E-state index contributed by atoms with van der Waals surface area (Å²) in [4.78, 5) is 0. The van der Waals surface area contributed by atoms with E-state index < -0.39 is 0 Å². The van der Waals surface area contributed by atoms with Gasteiger partial charge in [0.25, 0.3) is 0 Å². The van der Waals surface area contributed by atoms with E-state index in [1.165, 1.54) is 62.5 Å². The van der Waals surface area contributed by atoms with Gasteiger partial charge in [-0.25, -0.2) is 0 Å². The largest absolute Gasteiger partial charge is 0.392 e. The van der Waals surface area contributed by atoms with E-state index in [9.17, 15) is 5.11 Å². The monoisotopic (exact) mass is 358 g/mol. The summed E-state index contributed by atoms with van der Waals surface area (Å²) in [5.41, 5.74) is 3.92. The number of aryl methyl sites for hydroxylation is 1. The zero-order chi connectivity index (χ0) is 18.4. The Kier molecular flexibility index (Phi) is 7.57. The molecule has 2 aliphatic carbocycles. The molecule has 0 amide bonds. The van der Waals surface area contributed by atoms with Crippen LogP contribution in [-0.4, -0.2) is 18.8 Å². The zero-order valence-electron chi connectivity index (χ0n) is 16.9. The lowest BCUT2D eigenvalue weighted by molar-refractivity contribution is 0.165. The molecule has 0 bridgehead atoms. The van der Waals surface area contributed by atoms with Crippen LogP contribution in [0.15, 0.2) is 18.2 Å². The molecule has 0 atom stereocenters. The van der Waals surface area contributed by atoms with Gasteiger partial charge in [-0.2, -0.15) is 0 Å². The molecule has 26 heavy (non-hydrogen) atoms. The highest BCUT2D eigenvalue weighted by Gasteiger charge is 2.30. The first-order chi connectivity index (χ1) is 12.7. The quantitative estimate of drug-likeness (QED) is 0.619. The summed E-state index contributed by atoms with van der Waals surface area (Å²) in [6, 6.07) is 6.82. The molecule has 0 aliphatic heterocycles. The minimum Gasteiger partial charge on any atom is -0.392 e. The lowest BCUT2D eigenvalue weighted by Gasteiger charge is -2.37. The number of hydrogen-bond acceptors (Lipinski definition) is 2. The lowest BCUT2D eigenvalue weighted by atomic mass is 9.68. The third kappa shape index (κ3) is 5.10. The van der Waals surface area contributed by atoms with Crippen LogP contribution in [0, 0.1) is 17.8 Å². The van der Waals surface area contributed by atoms with Gasteiger partial charge in [0.1, 0.15) is 0 Å². The second kappa shape index (κ2) is 9.90. The van der Waals surface area contributed by atoms with Crippen molar-refractivity contribution in [2.45, 2.75) is 83.7 Å². The van der Waals surface area contributed by atoms with Gasteiger partial charge in [-0.15, -0.1) is 0 Å². The van der Waals surface area contributed by atoms with Gasteiger partial charge >= 0.3 is 0 Å². The van der Waals surface area contributed by atoms with Crippen molar-refractivity contribution in [2.24, 2.45) is 17.8 Å². The Hall–Kier alpha value is -0.860. The van der Waals surface area contributed by atoms with Gasteiger partial charge in [-0.05, 0) is 91.7 Å². The standard InChI is InChI=1S/C24H38O2/c1-18-5-7-19(8-6-18)20-9-11-21(12-10-20)23-13-14-24(17-25)22(16-23)4-3-15-26-2/h13-14,16,18-21,25H,3-12,15,17H2,1-2H3. The second-order valence-corrected chi connectivity index (χ2v) is 8.91. The molecule has 1 N–H and O–H groups in total. The molecule has 0 spiro atoms. The van der Waals surface area contributed by atoms with E-state index in [4.69, 9.17) is 4.74 Å². The molecule has 0 radical (unpaired) electrons. The highest BCUT2D eigenvalue weighted by molar-refractivity contribution is 5.34. The third-order valence-electron chi connectivity index (χ3n) is 7.17. The summed E-state index contributed by atoms with van der Waals surface area (Å²) >= 11 is 0. The molecule has 1 aromatic carbocycles. The van der Waals surface area contributed by atoms with Crippen LogP contribution in [0.4, 0.5) is 0 Å². The molecular weight excluding hydrogens is 320 g/mol. The normalized spacial score (nSPS) is 29.7. The number of hydrogen-bond donors (Lipinski definition) is 1. The summed E-state index contributed by atoms with van der Waals surface area (Å²) < 4.78 is 5.20. The Bertz CT molecular complexity index is 537. The zero-order valence-corrected chi connectivity index (χ0v) is 16.9. The first-order valence-corrected chi connectivity index (χ1v) is 10.9. The third-order valence-corrected chi connectivity index (χ3v) is 7.17. The Balaban J connectivity index is 1.57. The minimum atomic E-state index is 0.148. The molecule has 0 aromatic heterocycles. The molecule has 2 nitrogen and oxygen atoms in total. The smallest absolute Gasteiger partial charge is 0.0684 e. The van der Waals surface area contributed by atoms with Crippen LogP contribution in [0.2, 0.25) is 0 Å². The molecule has 0 unspecified atom stereocenters. The maximum Gasteiger partial charge on any atom is 0.0684 e. The van der Waals surface area contributed by atoms with Crippen molar-refractivity contribution in [1.82, 2.24) is 0 Å². The highest BCUT2D eigenvalue weighted by atomic mass is 16.5. The van der Waals surface area contributed by atoms with E-state index in [1.807, 2.05) is 0 Å². The van der Waals surface area contributed by atoms with Crippen molar-refractivity contribution in [3.8, 4) is 0 Å². The molecule has 146 valence electrons. The van der Waals surface area contributed by atoms with Crippen molar-refractivity contribution in [3.05, 3.63) is 34.9 Å². The van der Waals surface area contributed by atoms with E-state index >= 15 is 0 Å². The van der Waals surface area contributed by atoms with Gasteiger partial charge in [0.05, 0.1) is 6.61 Å². The van der Waals surface area contributed by atoms with Gasteiger partial charge < -0.3 is 9.84 Å². The average molecular weight is 359 g/mol. The fraction of sp³-hybridized carbons (Fsp3) is 0.750. The molecule has 2 heteroatoms. The molecule has 2 saturated carbocycles. The summed E-state index contributed by atoms with van der Waals surface area (Å²) in [5.74, 6) is 3.68. The first kappa shape index (κ1) is 19.9. The summed E-state index contributed by atoms with van der Waals surface area (Å²) in [6.07, 6.45) is 13.5. The molecule has 3 rings (SSSR count). The predicted octanol–water partition coefficient (Wildman–Crippen LogP) is 5.86. The van der Waals surface area contributed by atoms with Gasteiger partial charge in [0.15, 0.2) is 0 Å². The molecule has 1 aromatic rings. The van der Waals surface area contributed by atoms with Crippen molar-refractivity contribution in [2.75, 3.05) is 13.7 Å². The second-order valence-electron chi connectivity index (χ2n) is 8.91. The fourth-order valence-electron chi connectivity index (χ4n) is 5.37. The van der Waals surface area contributed by atoms with Crippen LogP contribution < -0.4 is 0 Å². The number of aliphatic hydroxyl groups is 1. The number of methoxy groups -OCH3 is 1. The van der Waals surface area contributed by atoms with Gasteiger partial charge in [-0.3, -0.25) is 0 Å². The molecule has 2 aliphatic rings. The molecule has 0 heterocycles. The van der Waals surface area contributed by atoms with E-state index in [0.717, 1.165) is 48.7 Å². The maximum atomic E-state index is 9.64. The molecule has 2 fully saturated rings. The predicted molar refractivity (Wildman–Crippen MR) is 108 cm³/mol. The van der Waals surface area contributed by atoms with Gasteiger partial charge in [0.2, 0.25) is 0 Å². The number of rotatable bonds is 7. The number of ether oxygens (including phenoxy) is 1. The highest BCUT2D eigenvalue weighted by Crippen LogP contribution is 2.44. The van der Waals surface area contributed by atoms with E-state index in [-0.39, 0.29) is 6.61 Å². The Morgan fingerprint density at radius 1 is 0.923 bits per heavy atom. The number of benzene rings is 1. The first-order valence-electron chi connectivity index (χ1n) is 10.9. The van der Waals surface area contributed by atoms with Crippen molar-refractivity contribution in [3.63, 3.8) is 0 Å². The molecule has 0 saturated heterocycles.